The Morgan fingerprint density at radius 1 is 1.00 bits per heavy atom. The number of aryl methyl sites for hydroxylation is 1. The maximum absolute atomic E-state index is 14.0. The van der Waals surface area contributed by atoms with Gasteiger partial charge in [0.1, 0.15) is 12.6 Å². The zero-order valence-electron chi connectivity index (χ0n) is 22.5. The minimum atomic E-state index is -4.11. The summed E-state index contributed by atoms with van der Waals surface area (Å²) in [6.07, 6.45) is 3.92. The van der Waals surface area contributed by atoms with Crippen LogP contribution in [0.2, 0.25) is 5.02 Å². The lowest BCUT2D eigenvalue weighted by Crippen LogP contribution is -2.52. The highest BCUT2D eigenvalue weighted by Gasteiger charge is 2.33. The van der Waals surface area contributed by atoms with Crippen LogP contribution in [0.4, 0.5) is 5.69 Å². The van der Waals surface area contributed by atoms with Gasteiger partial charge in [0.15, 0.2) is 0 Å². The van der Waals surface area contributed by atoms with E-state index in [1.54, 1.807) is 61.5 Å². The van der Waals surface area contributed by atoms with Crippen LogP contribution < -0.4 is 9.62 Å². The number of amides is 2. The van der Waals surface area contributed by atoms with Crippen molar-refractivity contribution in [3.05, 3.63) is 93.4 Å². The van der Waals surface area contributed by atoms with Gasteiger partial charge in [-0.1, -0.05) is 76.3 Å². The number of rotatable bonds is 10. The Labute approximate surface area is 249 Å². The van der Waals surface area contributed by atoms with E-state index in [1.165, 1.54) is 17.0 Å². The second-order valence-corrected chi connectivity index (χ2v) is 13.3. The van der Waals surface area contributed by atoms with Crippen LogP contribution >= 0.6 is 27.5 Å². The van der Waals surface area contributed by atoms with Gasteiger partial charge in [-0.3, -0.25) is 13.9 Å². The third kappa shape index (κ3) is 7.25. The molecule has 212 valence electrons. The van der Waals surface area contributed by atoms with Gasteiger partial charge < -0.3 is 10.2 Å². The normalized spacial score (nSPS) is 14.5. The molecule has 1 atom stereocenters. The number of sulfonamides is 1. The summed E-state index contributed by atoms with van der Waals surface area (Å²) in [5, 5.41) is 3.52. The zero-order chi connectivity index (χ0) is 28.9. The number of nitrogens with zero attached hydrogens (tertiary/aromatic N) is 2. The van der Waals surface area contributed by atoms with Crippen molar-refractivity contribution in [3.63, 3.8) is 0 Å². The van der Waals surface area contributed by atoms with Crippen LogP contribution in [-0.4, -0.2) is 43.8 Å². The Morgan fingerprint density at radius 3 is 2.25 bits per heavy atom. The summed E-state index contributed by atoms with van der Waals surface area (Å²) in [5.41, 5.74) is 1.91. The molecule has 0 spiro atoms. The standard InChI is InChI=1S/C30H33BrClN3O4S/c1-21-11-17-27(18-12-21)40(38,39)35(26-15-13-24(31)14-16-26)20-29(36)34(19-23-7-3-6-10-28(23)32)22(2)30(37)33-25-8-4-5-9-25/h3,6-7,10-18,22,25H,4-5,8-9,19-20H2,1-2H3,(H,33,37). The Hall–Kier alpha value is -2.88. The zero-order valence-corrected chi connectivity index (χ0v) is 25.7. The van der Waals surface area contributed by atoms with Gasteiger partial charge >= 0.3 is 0 Å². The first kappa shape index (κ1) is 30.1. The Balaban J connectivity index is 1.69. The number of carbonyl (C=O) groups excluding carboxylic acids is 2. The molecule has 1 aliphatic rings. The summed E-state index contributed by atoms with van der Waals surface area (Å²) in [6, 6.07) is 19.5. The van der Waals surface area contributed by atoms with Crippen molar-refractivity contribution in [2.24, 2.45) is 0 Å². The van der Waals surface area contributed by atoms with Crippen molar-refractivity contribution in [1.29, 1.82) is 0 Å². The maximum atomic E-state index is 14.0. The van der Waals surface area contributed by atoms with Gasteiger partial charge in [-0.25, -0.2) is 8.42 Å². The molecule has 2 amide bonds. The summed E-state index contributed by atoms with van der Waals surface area (Å²) in [7, 11) is -4.11. The van der Waals surface area contributed by atoms with Crippen LogP contribution in [0.5, 0.6) is 0 Å². The number of hydrogen-bond donors (Lipinski definition) is 1. The lowest BCUT2D eigenvalue weighted by molar-refractivity contribution is -0.139. The molecule has 40 heavy (non-hydrogen) atoms. The summed E-state index contributed by atoms with van der Waals surface area (Å²) < 4.78 is 29.6. The van der Waals surface area contributed by atoms with Crippen LogP contribution in [0.25, 0.3) is 0 Å². The van der Waals surface area contributed by atoms with Crippen molar-refractivity contribution in [1.82, 2.24) is 10.2 Å². The van der Waals surface area contributed by atoms with Gasteiger partial charge in [0.25, 0.3) is 10.0 Å². The minimum absolute atomic E-state index is 0.0521. The van der Waals surface area contributed by atoms with E-state index >= 15 is 0 Å². The molecule has 1 unspecified atom stereocenters. The molecule has 0 bridgehead atoms. The van der Waals surface area contributed by atoms with Crippen LogP contribution in [0.3, 0.4) is 0 Å². The third-order valence-corrected chi connectivity index (χ3v) is 9.86. The molecule has 10 heteroatoms. The maximum Gasteiger partial charge on any atom is 0.264 e. The van der Waals surface area contributed by atoms with Gasteiger partial charge in [0.05, 0.1) is 10.6 Å². The average Bonchev–Trinajstić information content (AvgIpc) is 3.44. The van der Waals surface area contributed by atoms with Crippen molar-refractivity contribution >= 4 is 55.1 Å². The number of carbonyl (C=O) groups is 2. The number of nitrogens with one attached hydrogen (secondary N) is 1. The number of halogens is 2. The van der Waals surface area contributed by atoms with E-state index < -0.39 is 28.5 Å². The summed E-state index contributed by atoms with van der Waals surface area (Å²) in [6.45, 7) is 3.09. The Kier molecular flexibility index (Phi) is 9.92. The predicted octanol–water partition coefficient (Wildman–Crippen LogP) is 6.08. The molecule has 0 aromatic heterocycles. The molecule has 0 radical (unpaired) electrons. The molecule has 3 aromatic rings. The lowest BCUT2D eigenvalue weighted by Gasteiger charge is -2.32. The van der Waals surface area contributed by atoms with Crippen molar-refractivity contribution < 1.29 is 18.0 Å². The minimum Gasteiger partial charge on any atom is -0.352 e. The van der Waals surface area contributed by atoms with E-state index in [4.69, 9.17) is 11.6 Å². The Morgan fingerprint density at radius 2 is 1.62 bits per heavy atom. The summed E-state index contributed by atoms with van der Waals surface area (Å²) in [5.74, 6) is -0.795. The first-order valence-corrected chi connectivity index (χ1v) is 15.9. The second-order valence-electron chi connectivity index (χ2n) is 10.1. The highest BCUT2D eigenvalue weighted by atomic mass is 79.9. The third-order valence-electron chi connectivity index (χ3n) is 7.17. The fourth-order valence-electron chi connectivity index (χ4n) is 4.76. The highest BCUT2D eigenvalue weighted by Crippen LogP contribution is 2.27. The predicted molar refractivity (Wildman–Crippen MR) is 162 cm³/mol. The van der Waals surface area contributed by atoms with E-state index in [9.17, 15) is 18.0 Å². The topological polar surface area (TPSA) is 86.8 Å². The van der Waals surface area contributed by atoms with E-state index in [0.29, 0.717) is 16.3 Å². The second kappa shape index (κ2) is 13.2. The summed E-state index contributed by atoms with van der Waals surface area (Å²) in [4.78, 5) is 28.8. The average molecular weight is 647 g/mol. The molecular formula is C30H33BrClN3O4S. The number of hydrogen-bond acceptors (Lipinski definition) is 4. The largest absolute Gasteiger partial charge is 0.352 e. The SMILES string of the molecule is Cc1ccc(S(=O)(=O)N(CC(=O)N(Cc2ccccc2Cl)C(C)C(=O)NC2CCCC2)c2ccc(Br)cc2)cc1. The van der Waals surface area contributed by atoms with Gasteiger partial charge in [0, 0.05) is 22.1 Å². The molecule has 1 N–H and O–H groups in total. The van der Waals surface area contributed by atoms with Crippen molar-refractivity contribution in [2.75, 3.05) is 10.8 Å². The summed E-state index contributed by atoms with van der Waals surface area (Å²) >= 11 is 9.81. The van der Waals surface area contributed by atoms with E-state index in [0.717, 1.165) is 40.0 Å². The molecule has 0 heterocycles. The van der Waals surface area contributed by atoms with Gasteiger partial charge in [-0.05, 0) is 74.7 Å². The molecule has 1 aliphatic carbocycles. The van der Waals surface area contributed by atoms with Gasteiger partial charge in [-0.2, -0.15) is 0 Å². The molecule has 0 aliphatic heterocycles. The molecular weight excluding hydrogens is 614 g/mol. The fraction of sp³-hybridized carbons (Fsp3) is 0.333. The van der Waals surface area contributed by atoms with Crippen LogP contribution in [-0.2, 0) is 26.2 Å². The number of benzene rings is 3. The molecule has 7 nitrogen and oxygen atoms in total. The first-order chi connectivity index (χ1) is 19.1. The number of anilines is 1. The van der Waals surface area contributed by atoms with E-state index in [-0.39, 0.29) is 23.4 Å². The monoisotopic (exact) mass is 645 g/mol. The highest BCUT2D eigenvalue weighted by molar-refractivity contribution is 9.10. The molecule has 1 fully saturated rings. The molecule has 4 rings (SSSR count). The van der Waals surface area contributed by atoms with Gasteiger partial charge in [-0.15, -0.1) is 0 Å². The molecule has 0 saturated heterocycles. The van der Waals surface area contributed by atoms with Gasteiger partial charge in [0.2, 0.25) is 11.8 Å². The quantitative estimate of drug-likeness (QED) is 0.289. The van der Waals surface area contributed by atoms with Crippen molar-refractivity contribution in [2.45, 2.75) is 63.1 Å². The Bertz CT molecular complexity index is 1440. The molecule has 1 saturated carbocycles. The fourth-order valence-corrected chi connectivity index (χ4v) is 6.63. The van der Waals surface area contributed by atoms with Crippen molar-refractivity contribution in [3.8, 4) is 0 Å². The van der Waals surface area contributed by atoms with Crippen LogP contribution in [0.15, 0.2) is 82.2 Å². The smallest absolute Gasteiger partial charge is 0.264 e. The van der Waals surface area contributed by atoms with E-state index in [1.807, 2.05) is 13.0 Å². The first-order valence-electron chi connectivity index (χ1n) is 13.2. The molecule has 3 aromatic carbocycles. The van der Waals surface area contributed by atoms with E-state index in [2.05, 4.69) is 21.2 Å². The van der Waals surface area contributed by atoms with Crippen LogP contribution in [0.1, 0.15) is 43.7 Å². The lowest BCUT2D eigenvalue weighted by atomic mass is 10.1. The van der Waals surface area contributed by atoms with Crippen LogP contribution in [0, 0.1) is 6.92 Å².